The van der Waals surface area contributed by atoms with Crippen molar-refractivity contribution in [2.24, 2.45) is 5.73 Å². The molecule has 1 aliphatic heterocycles. The number of nitrogens with two attached hydrogens (primary N) is 1. The maximum Gasteiger partial charge on any atom is 0.417 e. The highest BCUT2D eigenvalue weighted by molar-refractivity contribution is 5.55. The maximum atomic E-state index is 12.7. The molecule has 2 rings (SSSR count). The summed E-state index contributed by atoms with van der Waals surface area (Å²) in [4.78, 5) is 1.96. The van der Waals surface area contributed by atoms with E-state index in [0.29, 0.717) is 18.8 Å². The molecule has 102 valence electrons. The lowest BCUT2D eigenvalue weighted by Crippen LogP contribution is -2.39. The summed E-state index contributed by atoms with van der Waals surface area (Å²) in [5, 5.41) is 8.86. The van der Waals surface area contributed by atoms with Gasteiger partial charge in [0, 0.05) is 24.8 Å². The zero-order chi connectivity index (χ0) is 14.0. The zero-order valence-electron chi connectivity index (χ0n) is 10.2. The zero-order valence-corrected chi connectivity index (χ0v) is 10.2. The molecule has 0 radical (unpaired) electrons. The molecule has 0 atom stereocenters. The third-order valence-electron chi connectivity index (χ3n) is 3.33. The predicted octanol–water partition coefficient (Wildman–Crippen LogP) is 2.50. The lowest BCUT2D eigenvalue weighted by atomic mass is 10.0. The summed E-state index contributed by atoms with van der Waals surface area (Å²) in [5.74, 6) is 0. The Bertz CT molecular complexity index is 497. The Labute approximate surface area is 109 Å². The Morgan fingerprint density at radius 3 is 2.42 bits per heavy atom. The van der Waals surface area contributed by atoms with E-state index in [1.165, 1.54) is 12.1 Å². The van der Waals surface area contributed by atoms with Crippen LogP contribution in [0.25, 0.3) is 0 Å². The number of piperidine rings is 1. The number of hydrogen-bond donors (Lipinski definition) is 1. The van der Waals surface area contributed by atoms with Gasteiger partial charge in [-0.05, 0) is 31.0 Å². The minimum Gasteiger partial charge on any atom is -0.371 e. The second kappa shape index (κ2) is 5.10. The van der Waals surface area contributed by atoms with Crippen LogP contribution in [0.1, 0.15) is 24.0 Å². The van der Waals surface area contributed by atoms with E-state index in [0.717, 1.165) is 18.9 Å². The van der Waals surface area contributed by atoms with Crippen molar-refractivity contribution in [3.63, 3.8) is 0 Å². The molecule has 1 heterocycles. The average Bonchev–Trinajstić information content (AvgIpc) is 2.38. The predicted molar refractivity (Wildman–Crippen MR) is 65.6 cm³/mol. The number of alkyl halides is 3. The van der Waals surface area contributed by atoms with Gasteiger partial charge >= 0.3 is 6.18 Å². The number of nitriles is 1. The summed E-state index contributed by atoms with van der Waals surface area (Å²) in [5.41, 5.74) is 5.22. The summed E-state index contributed by atoms with van der Waals surface area (Å²) >= 11 is 0. The molecule has 3 nitrogen and oxygen atoms in total. The Kier molecular flexibility index (Phi) is 3.67. The highest BCUT2D eigenvalue weighted by Crippen LogP contribution is 2.34. The van der Waals surface area contributed by atoms with Crippen molar-refractivity contribution >= 4 is 5.69 Å². The Morgan fingerprint density at radius 1 is 1.26 bits per heavy atom. The van der Waals surface area contributed by atoms with Gasteiger partial charge in [0.2, 0.25) is 0 Å². The van der Waals surface area contributed by atoms with Gasteiger partial charge in [-0.25, -0.2) is 0 Å². The van der Waals surface area contributed by atoms with Crippen LogP contribution in [0.3, 0.4) is 0 Å². The number of hydrogen-bond acceptors (Lipinski definition) is 3. The fraction of sp³-hybridized carbons (Fsp3) is 0.462. The van der Waals surface area contributed by atoms with Gasteiger partial charge in [-0.2, -0.15) is 18.4 Å². The van der Waals surface area contributed by atoms with Crippen LogP contribution in [-0.2, 0) is 6.18 Å². The van der Waals surface area contributed by atoms with E-state index >= 15 is 0 Å². The van der Waals surface area contributed by atoms with E-state index in [2.05, 4.69) is 0 Å². The van der Waals surface area contributed by atoms with Crippen LogP contribution >= 0.6 is 0 Å². The molecule has 1 aliphatic rings. The van der Waals surface area contributed by atoms with Crippen molar-refractivity contribution < 1.29 is 13.2 Å². The quantitative estimate of drug-likeness (QED) is 0.852. The molecule has 1 aromatic rings. The van der Waals surface area contributed by atoms with Crippen molar-refractivity contribution in [2.45, 2.75) is 25.1 Å². The number of anilines is 1. The van der Waals surface area contributed by atoms with Crippen LogP contribution in [0, 0.1) is 11.3 Å². The van der Waals surface area contributed by atoms with Gasteiger partial charge in [0.25, 0.3) is 0 Å². The van der Waals surface area contributed by atoms with Gasteiger partial charge < -0.3 is 10.6 Å². The van der Waals surface area contributed by atoms with Crippen molar-refractivity contribution in [1.82, 2.24) is 0 Å². The molecule has 0 bridgehead atoms. The Morgan fingerprint density at radius 2 is 1.89 bits per heavy atom. The molecular formula is C13H14F3N3. The molecule has 0 saturated carbocycles. The van der Waals surface area contributed by atoms with E-state index in [9.17, 15) is 13.2 Å². The summed E-state index contributed by atoms with van der Waals surface area (Å²) in [6.45, 7) is 1.41. The van der Waals surface area contributed by atoms with Crippen LogP contribution in [0.5, 0.6) is 0 Å². The number of benzene rings is 1. The molecule has 1 fully saturated rings. The van der Waals surface area contributed by atoms with Crippen LogP contribution < -0.4 is 10.6 Å². The van der Waals surface area contributed by atoms with Crippen molar-refractivity contribution in [3.8, 4) is 6.07 Å². The molecule has 2 N–H and O–H groups in total. The molecular weight excluding hydrogens is 255 g/mol. The number of rotatable bonds is 1. The number of nitrogens with zero attached hydrogens (tertiary/aromatic N) is 2. The largest absolute Gasteiger partial charge is 0.417 e. The van der Waals surface area contributed by atoms with Gasteiger partial charge in [0.15, 0.2) is 0 Å². The SMILES string of the molecule is N#Cc1cc(N2CCC(N)CC2)ccc1C(F)(F)F. The van der Waals surface area contributed by atoms with Crippen LogP contribution in [0.15, 0.2) is 18.2 Å². The second-order valence-corrected chi connectivity index (χ2v) is 4.66. The molecule has 0 aliphatic carbocycles. The lowest BCUT2D eigenvalue weighted by molar-refractivity contribution is -0.137. The maximum absolute atomic E-state index is 12.7. The highest BCUT2D eigenvalue weighted by Gasteiger charge is 2.33. The first kappa shape index (κ1) is 13.7. The summed E-state index contributed by atoms with van der Waals surface area (Å²) in [6.07, 6.45) is -2.88. The first-order valence-corrected chi connectivity index (χ1v) is 6.03. The van der Waals surface area contributed by atoms with Crippen LogP contribution in [-0.4, -0.2) is 19.1 Å². The standard InChI is InChI=1S/C13H14F3N3/c14-13(15,16)12-2-1-11(7-9(12)8-17)19-5-3-10(18)4-6-19/h1-2,7,10H,3-6,18H2. The van der Waals surface area contributed by atoms with Gasteiger partial charge in [-0.15, -0.1) is 0 Å². The van der Waals surface area contributed by atoms with E-state index in [4.69, 9.17) is 11.0 Å². The molecule has 19 heavy (non-hydrogen) atoms. The topological polar surface area (TPSA) is 53.0 Å². The summed E-state index contributed by atoms with van der Waals surface area (Å²) in [6, 6.07) is 5.47. The summed E-state index contributed by atoms with van der Waals surface area (Å²) in [7, 11) is 0. The van der Waals surface area contributed by atoms with Crippen molar-refractivity contribution in [2.75, 3.05) is 18.0 Å². The van der Waals surface area contributed by atoms with Gasteiger partial charge in [-0.3, -0.25) is 0 Å². The van der Waals surface area contributed by atoms with Gasteiger partial charge in [0.1, 0.15) is 0 Å². The van der Waals surface area contributed by atoms with Gasteiger partial charge in [0.05, 0.1) is 17.2 Å². The molecule has 0 spiro atoms. The fourth-order valence-corrected chi connectivity index (χ4v) is 2.23. The monoisotopic (exact) mass is 269 g/mol. The van der Waals surface area contributed by atoms with E-state index in [1.54, 1.807) is 6.07 Å². The number of halogens is 3. The van der Waals surface area contributed by atoms with Gasteiger partial charge in [-0.1, -0.05) is 0 Å². The minimum atomic E-state index is -4.49. The molecule has 0 unspecified atom stereocenters. The van der Waals surface area contributed by atoms with E-state index < -0.39 is 11.7 Å². The first-order chi connectivity index (χ1) is 8.91. The Balaban J connectivity index is 2.28. The van der Waals surface area contributed by atoms with Crippen molar-refractivity contribution in [1.29, 1.82) is 5.26 Å². The molecule has 0 amide bonds. The molecule has 1 saturated heterocycles. The molecule has 6 heteroatoms. The lowest BCUT2D eigenvalue weighted by Gasteiger charge is -2.32. The van der Waals surface area contributed by atoms with Crippen molar-refractivity contribution in [3.05, 3.63) is 29.3 Å². The third-order valence-corrected chi connectivity index (χ3v) is 3.33. The highest BCUT2D eigenvalue weighted by atomic mass is 19.4. The molecule has 0 aromatic heterocycles. The Hall–Kier alpha value is -1.74. The smallest absolute Gasteiger partial charge is 0.371 e. The molecule has 1 aromatic carbocycles. The average molecular weight is 269 g/mol. The second-order valence-electron chi connectivity index (χ2n) is 4.66. The van der Waals surface area contributed by atoms with E-state index in [1.807, 2.05) is 4.90 Å². The van der Waals surface area contributed by atoms with E-state index in [-0.39, 0.29) is 11.6 Å². The minimum absolute atomic E-state index is 0.154. The van der Waals surface area contributed by atoms with Crippen LogP contribution in [0.4, 0.5) is 18.9 Å². The normalized spacial score (nSPS) is 17.3. The first-order valence-electron chi connectivity index (χ1n) is 6.03. The summed E-state index contributed by atoms with van der Waals surface area (Å²) < 4.78 is 38.0. The fourth-order valence-electron chi connectivity index (χ4n) is 2.23. The van der Waals surface area contributed by atoms with Crippen LogP contribution in [0.2, 0.25) is 0 Å². The third kappa shape index (κ3) is 2.99.